The average molecular weight is 383 g/mol. The highest BCUT2D eigenvalue weighted by atomic mass is 16.3. The molecule has 0 saturated carbocycles. The summed E-state index contributed by atoms with van der Waals surface area (Å²) in [4.78, 5) is 38.8. The Morgan fingerprint density at radius 3 is 2.36 bits per heavy atom. The topological polar surface area (TPSA) is 90.0 Å². The van der Waals surface area contributed by atoms with Crippen LogP contribution in [0, 0.1) is 0 Å². The molecule has 1 saturated heterocycles. The van der Waals surface area contributed by atoms with Gasteiger partial charge < -0.3 is 20.2 Å². The molecule has 1 atom stereocenters. The van der Waals surface area contributed by atoms with Gasteiger partial charge in [0.05, 0.1) is 6.10 Å². The molecule has 7 heteroatoms. The van der Waals surface area contributed by atoms with Gasteiger partial charge in [-0.2, -0.15) is 0 Å². The molecule has 7 nitrogen and oxygen atoms in total. The molecule has 2 N–H and O–H groups in total. The summed E-state index contributed by atoms with van der Waals surface area (Å²) >= 11 is 0. The monoisotopic (exact) mass is 383 g/mol. The highest BCUT2D eigenvalue weighted by molar-refractivity contribution is 6.35. The van der Waals surface area contributed by atoms with E-state index >= 15 is 0 Å². The first kappa shape index (κ1) is 19.8. The zero-order valence-electron chi connectivity index (χ0n) is 15.9. The van der Waals surface area contributed by atoms with Gasteiger partial charge >= 0.3 is 11.8 Å². The van der Waals surface area contributed by atoms with E-state index in [4.69, 9.17) is 0 Å². The Morgan fingerprint density at radius 2 is 1.64 bits per heavy atom. The van der Waals surface area contributed by atoms with Gasteiger partial charge in [0.1, 0.15) is 0 Å². The number of hydrogen-bond donors (Lipinski definition) is 2. The van der Waals surface area contributed by atoms with Crippen molar-refractivity contribution in [1.29, 1.82) is 0 Å². The molecule has 3 rings (SSSR count). The molecule has 0 radical (unpaired) electrons. The van der Waals surface area contributed by atoms with Crippen molar-refractivity contribution in [3.8, 4) is 0 Å². The van der Waals surface area contributed by atoms with Crippen LogP contribution in [0.5, 0.6) is 0 Å². The van der Waals surface area contributed by atoms with Crippen LogP contribution in [0.4, 0.5) is 0 Å². The molecule has 3 amide bonds. The second-order valence-corrected chi connectivity index (χ2v) is 6.93. The van der Waals surface area contributed by atoms with Gasteiger partial charge in [0.25, 0.3) is 0 Å². The minimum atomic E-state index is -0.736. The number of aliphatic hydroxyl groups excluding tert-OH is 1. The van der Waals surface area contributed by atoms with E-state index in [2.05, 4.69) is 5.32 Å². The molecule has 0 aliphatic carbocycles. The van der Waals surface area contributed by atoms with Gasteiger partial charge in [-0.15, -0.1) is 0 Å². The van der Waals surface area contributed by atoms with Gasteiger partial charge in [0.2, 0.25) is 5.91 Å². The summed E-state index contributed by atoms with van der Waals surface area (Å²) in [6.45, 7) is 3.27. The maximum atomic E-state index is 12.2. The van der Waals surface area contributed by atoms with E-state index in [1.54, 1.807) is 4.90 Å². The lowest BCUT2D eigenvalue weighted by Crippen LogP contribution is -2.53. The second kappa shape index (κ2) is 8.84. The summed E-state index contributed by atoms with van der Waals surface area (Å²) in [7, 11) is 0. The third kappa shape index (κ3) is 4.48. The van der Waals surface area contributed by atoms with Gasteiger partial charge in [-0.3, -0.25) is 14.4 Å². The lowest BCUT2D eigenvalue weighted by atomic mass is 9.99. The molecule has 148 valence electrons. The fraction of sp³-hybridized carbons (Fsp3) is 0.381. The summed E-state index contributed by atoms with van der Waals surface area (Å²) in [5.74, 6) is -1.30. The smallest absolute Gasteiger partial charge is 0.312 e. The Balaban J connectivity index is 1.49. The third-order valence-corrected chi connectivity index (χ3v) is 5.09. The molecule has 1 aliphatic heterocycles. The molecule has 0 unspecified atom stereocenters. The highest BCUT2D eigenvalue weighted by Crippen LogP contribution is 2.25. The van der Waals surface area contributed by atoms with Crippen LogP contribution in [-0.4, -0.2) is 65.4 Å². The van der Waals surface area contributed by atoms with E-state index in [9.17, 15) is 19.5 Å². The number of hydrogen-bond acceptors (Lipinski definition) is 4. The Labute approximate surface area is 163 Å². The SMILES string of the molecule is CC(=O)N1CCN(C(=O)C(=O)NCC[C@@H](O)c2cccc3ccccc23)CC1. The first-order valence-electron chi connectivity index (χ1n) is 9.45. The molecule has 28 heavy (non-hydrogen) atoms. The Morgan fingerprint density at radius 1 is 1.00 bits per heavy atom. The average Bonchev–Trinajstić information content (AvgIpc) is 2.72. The molecule has 0 bridgehead atoms. The Kier molecular flexibility index (Phi) is 6.26. The molecule has 2 aromatic rings. The lowest BCUT2D eigenvalue weighted by Gasteiger charge is -2.33. The maximum Gasteiger partial charge on any atom is 0.312 e. The largest absolute Gasteiger partial charge is 0.388 e. The summed E-state index contributed by atoms with van der Waals surface area (Å²) in [5, 5.41) is 15.1. The van der Waals surface area contributed by atoms with Crippen LogP contribution in [0.1, 0.15) is 25.0 Å². The zero-order valence-corrected chi connectivity index (χ0v) is 15.9. The Hall–Kier alpha value is -2.93. The van der Waals surface area contributed by atoms with Gasteiger partial charge in [-0.05, 0) is 22.8 Å². The number of fused-ring (bicyclic) bond motifs is 1. The minimum absolute atomic E-state index is 0.0287. The summed E-state index contributed by atoms with van der Waals surface area (Å²) in [6.07, 6.45) is -0.425. The van der Waals surface area contributed by atoms with Crippen LogP contribution in [0.15, 0.2) is 42.5 Å². The van der Waals surface area contributed by atoms with E-state index in [-0.39, 0.29) is 12.5 Å². The molecule has 2 aromatic carbocycles. The van der Waals surface area contributed by atoms with Gasteiger partial charge in [0, 0.05) is 39.6 Å². The predicted molar refractivity (Wildman–Crippen MR) is 105 cm³/mol. The molecule has 0 spiro atoms. The van der Waals surface area contributed by atoms with Crippen LogP contribution in [0.3, 0.4) is 0 Å². The van der Waals surface area contributed by atoms with Crippen molar-refractivity contribution in [3.05, 3.63) is 48.0 Å². The van der Waals surface area contributed by atoms with Crippen molar-refractivity contribution in [2.45, 2.75) is 19.4 Å². The molecule has 1 fully saturated rings. The van der Waals surface area contributed by atoms with E-state index in [0.29, 0.717) is 32.6 Å². The van der Waals surface area contributed by atoms with Crippen molar-refractivity contribution >= 4 is 28.5 Å². The summed E-state index contributed by atoms with van der Waals surface area (Å²) in [6, 6.07) is 13.6. The van der Waals surface area contributed by atoms with E-state index in [0.717, 1.165) is 16.3 Å². The third-order valence-electron chi connectivity index (χ3n) is 5.09. The van der Waals surface area contributed by atoms with Gasteiger partial charge in [-0.1, -0.05) is 42.5 Å². The molecule has 1 heterocycles. The van der Waals surface area contributed by atoms with Gasteiger partial charge in [-0.25, -0.2) is 0 Å². The molecule has 1 aliphatic rings. The van der Waals surface area contributed by atoms with Crippen molar-refractivity contribution in [2.75, 3.05) is 32.7 Å². The number of benzene rings is 2. The van der Waals surface area contributed by atoms with E-state index in [1.165, 1.54) is 11.8 Å². The van der Waals surface area contributed by atoms with Crippen LogP contribution in [-0.2, 0) is 14.4 Å². The molecular weight excluding hydrogens is 358 g/mol. The van der Waals surface area contributed by atoms with E-state index in [1.807, 2.05) is 42.5 Å². The van der Waals surface area contributed by atoms with Crippen LogP contribution in [0.2, 0.25) is 0 Å². The highest BCUT2D eigenvalue weighted by Gasteiger charge is 2.26. The Bertz CT molecular complexity index is 870. The fourth-order valence-electron chi connectivity index (χ4n) is 3.46. The number of aliphatic hydroxyl groups is 1. The normalized spacial score (nSPS) is 15.4. The number of carbonyl (C=O) groups excluding carboxylic acids is 3. The van der Waals surface area contributed by atoms with E-state index < -0.39 is 17.9 Å². The van der Waals surface area contributed by atoms with Crippen LogP contribution < -0.4 is 5.32 Å². The standard InChI is InChI=1S/C21H25N3O4/c1-15(25)23-11-13-24(14-12-23)21(28)20(27)22-10-9-19(26)18-8-4-6-16-5-2-3-7-17(16)18/h2-8,19,26H,9-14H2,1H3,(H,22,27)/t19-/m1/s1. The number of nitrogens with one attached hydrogen (secondary N) is 1. The molecular formula is C21H25N3O4. The minimum Gasteiger partial charge on any atom is -0.388 e. The van der Waals surface area contributed by atoms with Crippen molar-refractivity contribution in [3.63, 3.8) is 0 Å². The number of carbonyl (C=O) groups is 3. The predicted octanol–water partition coefficient (Wildman–Crippen LogP) is 1.07. The number of rotatable bonds is 4. The van der Waals surface area contributed by atoms with Crippen molar-refractivity contribution < 1.29 is 19.5 Å². The first-order chi connectivity index (χ1) is 13.5. The van der Waals surface area contributed by atoms with Crippen LogP contribution >= 0.6 is 0 Å². The summed E-state index contributed by atoms with van der Waals surface area (Å²) < 4.78 is 0. The van der Waals surface area contributed by atoms with Crippen LogP contribution in [0.25, 0.3) is 10.8 Å². The number of piperazine rings is 1. The van der Waals surface area contributed by atoms with Gasteiger partial charge in [0.15, 0.2) is 0 Å². The maximum absolute atomic E-state index is 12.2. The fourth-order valence-corrected chi connectivity index (χ4v) is 3.46. The number of amides is 3. The lowest BCUT2D eigenvalue weighted by molar-refractivity contribution is -0.148. The van der Waals surface area contributed by atoms with Crippen molar-refractivity contribution in [2.24, 2.45) is 0 Å². The van der Waals surface area contributed by atoms with Crippen molar-refractivity contribution in [1.82, 2.24) is 15.1 Å². The second-order valence-electron chi connectivity index (χ2n) is 6.93. The zero-order chi connectivity index (χ0) is 20.1. The number of nitrogens with zero attached hydrogens (tertiary/aromatic N) is 2. The molecule has 0 aromatic heterocycles. The quantitative estimate of drug-likeness (QED) is 0.773. The first-order valence-corrected chi connectivity index (χ1v) is 9.45. The summed E-state index contributed by atoms with van der Waals surface area (Å²) in [5.41, 5.74) is 0.805.